The molecule has 0 unspecified atom stereocenters. The second-order valence-electron chi connectivity index (χ2n) is 4.98. The van der Waals surface area contributed by atoms with Crippen molar-refractivity contribution in [1.29, 1.82) is 0 Å². The van der Waals surface area contributed by atoms with Gasteiger partial charge in [0.05, 0.1) is 5.02 Å². The zero-order chi connectivity index (χ0) is 18.7. The predicted octanol–water partition coefficient (Wildman–Crippen LogP) is 4.38. The van der Waals surface area contributed by atoms with Gasteiger partial charge >= 0.3 is 11.2 Å². The molecule has 0 aliphatic rings. The molecule has 0 aliphatic carbocycles. The topological polar surface area (TPSA) is 59.8 Å². The Bertz CT molecular complexity index is 933. The van der Waals surface area contributed by atoms with E-state index in [4.69, 9.17) is 11.6 Å². The van der Waals surface area contributed by atoms with Gasteiger partial charge in [-0.3, -0.25) is 4.79 Å². The van der Waals surface area contributed by atoms with Gasteiger partial charge in [-0.1, -0.05) is 11.6 Å². The molecule has 0 saturated carbocycles. The predicted molar refractivity (Wildman–Crippen MR) is 92.2 cm³/mol. The number of thioether (sulfide) groups is 1. The second-order valence-corrected chi connectivity index (χ2v) is 6.58. The lowest BCUT2D eigenvalue weighted by molar-refractivity contribution is -0.129. The van der Waals surface area contributed by atoms with Crippen molar-refractivity contribution in [3.05, 3.63) is 65.7 Å². The van der Waals surface area contributed by atoms with Gasteiger partial charge in [0.2, 0.25) is 0 Å². The molecule has 10 heteroatoms. The van der Waals surface area contributed by atoms with Crippen LogP contribution in [0.4, 0.5) is 19.0 Å². The molecule has 2 heterocycles. The van der Waals surface area contributed by atoms with Crippen molar-refractivity contribution in [3.8, 4) is 5.82 Å². The Labute approximate surface area is 155 Å². The monoisotopic (exact) mass is 398 g/mol. The lowest BCUT2D eigenvalue weighted by Crippen LogP contribution is -2.31. The van der Waals surface area contributed by atoms with Gasteiger partial charge in [0, 0.05) is 23.4 Å². The Morgan fingerprint density at radius 2 is 1.92 bits per heavy atom. The number of carbonyl (C=O) groups is 1. The van der Waals surface area contributed by atoms with E-state index in [-0.39, 0.29) is 22.5 Å². The van der Waals surface area contributed by atoms with Gasteiger partial charge in [0.25, 0.3) is 0 Å². The first-order valence-electron chi connectivity index (χ1n) is 7.15. The molecule has 0 spiro atoms. The first kappa shape index (κ1) is 18.3. The fourth-order valence-corrected chi connectivity index (χ4v) is 2.86. The van der Waals surface area contributed by atoms with Crippen LogP contribution in [0.2, 0.25) is 5.02 Å². The third-order valence-electron chi connectivity index (χ3n) is 3.11. The summed E-state index contributed by atoms with van der Waals surface area (Å²) in [6.07, 6.45) is 2.92. The smallest absolute Gasteiger partial charge is 0.303 e. The van der Waals surface area contributed by atoms with Crippen LogP contribution >= 0.6 is 23.4 Å². The maximum absolute atomic E-state index is 14.1. The summed E-state index contributed by atoms with van der Waals surface area (Å²) >= 11 is 5.99. The van der Waals surface area contributed by atoms with E-state index in [9.17, 15) is 18.0 Å². The number of pyridine rings is 1. The van der Waals surface area contributed by atoms with E-state index in [2.05, 4.69) is 10.1 Å². The molecule has 134 valence electrons. The highest BCUT2D eigenvalue weighted by Gasteiger charge is 2.40. The van der Waals surface area contributed by atoms with Crippen molar-refractivity contribution < 1.29 is 18.0 Å². The summed E-state index contributed by atoms with van der Waals surface area (Å²) in [6, 6.07) is 8.96. The van der Waals surface area contributed by atoms with Crippen LogP contribution in [0.1, 0.15) is 0 Å². The highest BCUT2D eigenvalue weighted by molar-refractivity contribution is 8.01. The van der Waals surface area contributed by atoms with Crippen molar-refractivity contribution >= 4 is 35.1 Å². The lowest BCUT2D eigenvalue weighted by atomic mass is 10.4. The van der Waals surface area contributed by atoms with Crippen LogP contribution in [-0.4, -0.2) is 25.9 Å². The number of alkyl halides is 2. The summed E-state index contributed by atoms with van der Waals surface area (Å²) in [5, 5.41) is 2.53. The average Bonchev–Trinajstić information content (AvgIpc) is 3.05. The average molecular weight is 399 g/mol. The first-order valence-corrected chi connectivity index (χ1v) is 8.35. The minimum absolute atomic E-state index is 0.00750. The molecule has 0 bridgehead atoms. The molecule has 26 heavy (non-hydrogen) atoms. The van der Waals surface area contributed by atoms with E-state index in [0.717, 1.165) is 12.1 Å². The minimum atomic E-state index is -3.77. The van der Waals surface area contributed by atoms with E-state index >= 15 is 0 Å². The largest absolute Gasteiger partial charge is 0.375 e. The number of carbonyl (C=O) groups excluding carboxylic acids is 1. The number of aromatic nitrogens is 3. The summed E-state index contributed by atoms with van der Waals surface area (Å²) in [4.78, 5) is 15.9. The van der Waals surface area contributed by atoms with Crippen molar-refractivity contribution in [1.82, 2.24) is 14.8 Å². The molecule has 3 rings (SSSR count). The van der Waals surface area contributed by atoms with Gasteiger partial charge in [-0.05, 0) is 48.2 Å². The maximum Gasteiger partial charge on any atom is 0.375 e. The van der Waals surface area contributed by atoms with Crippen LogP contribution in [0, 0.1) is 5.82 Å². The number of hydrogen-bond donors (Lipinski definition) is 1. The molecular weight excluding hydrogens is 389 g/mol. The standard InChI is InChI=1S/C16H10ClF3N4OS/c17-12-2-1-8-21-14(12)24-9-7-13(23-24)22-15(25)16(19,20)26-11-5-3-10(18)4-6-11/h1-9H,(H,22,23,25). The molecule has 3 aromatic rings. The van der Waals surface area contributed by atoms with Crippen LogP contribution in [-0.2, 0) is 4.79 Å². The van der Waals surface area contributed by atoms with Crippen molar-refractivity contribution in [2.24, 2.45) is 0 Å². The van der Waals surface area contributed by atoms with Crippen molar-refractivity contribution in [2.75, 3.05) is 5.32 Å². The highest BCUT2D eigenvalue weighted by Crippen LogP contribution is 2.36. The summed E-state index contributed by atoms with van der Waals surface area (Å²) in [5.74, 6) is -1.90. The van der Waals surface area contributed by atoms with Crippen LogP contribution < -0.4 is 5.32 Å². The molecule has 0 saturated heterocycles. The van der Waals surface area contributed by atoms with E-state index in [1.807, 2.05) is 5.32 Å². The molecule has 5 nitrogen and oxygen atoms in total. The number of rotatable bonds is 5. The fourth-order valence-electron chi connectivity index (χ4n) is 1.94. The molecule has 1 aromatic carbocycles. The number of halogens is 4. The molecule has 1 N–H and O–H groups in total. The summed E-state index contributed by atoms with van der Waals surface area (Å²) in [6.45, 7) is 0. The number of nitrogens with one attached hydrogen (secondary N) is 1. The quantitative estimate of drug-likeness (QED) is 0.648. The normalized spacial score (nSPS) is 11.4. The van der Waals surface area contributed by atoms with Crippen LogP contribution in [0.5, 0.6) is 0 Å². The van der Waals surface area contributed by atoms with Crippen LogP contribution in [0.25, 0.3) is 5.82 Å². The molecule has 0 fully saturated rings. The zero-order valence-corrected chi connectivity index (χ0v) is 14.4. The summed E-state index contributed by atoms with van der Waals surface area (Å²) in [7, 11) is 0. The Morgan fingerprint density at radius 3 is 2.62 bits per heavy atom. The summed E-state index contributed by atoms with van der Waals surface area (Å²) in [5.41, 5.74) is 0. The molecule has 0 radical (unpaired) electrons. The third-order valence-corrected chi connectivity index (χ3v) is 4.36. The maximum atomic E-state index is 14.1. The number of anilines is 1. The van der Waals surface area contributed by atoms with E-state index in [1.165, 1.54) is 35.3 Å². The van der Waals surface area contributed by atoms with Crippen LogP contribution in [0.15, 0.2) is 59.8 Å². The Morgan fingerprint density at radius 1 is 1.19 bits per heavy atom. The second kappa shape index (κ2) is 7.38. The zero-order valence-electron chi connectivity index (χ0n) is 12.9. The Balaban J connectivity index is 1.71. The highest BCUT2D eigenvalue weighted by atomic mass is 35.5. The Kier molecular flexibility index (Phi) is 5.19. The van der Waals surface area contributed by atoms with Gasteiger partial charge in [-0.25, -0.2) is 14.1 Å². The first-order chi connectivity index (χ1) is 12.3. The van der Waals surface area contributed by atoms with Gasteiger partial charge in [0.15, 0.2) is 11.6 Å². The van der Waals surface area contributed by atoms with Gasteiger partial charge in [0.1, 0.15) is 5.82 Å². The van der Waals surface area contributed by atoms with Gasteiger partial charge < -0.3 is 5.32 Å². The van der Waals surface area contributed by atoms with E-state index in [0.29, 0.717) is 10.8 Å². The Hall–Kier alpha value is -2.52. The SMILES string of the molecule is O=C(Nc1ccn(-c2ncccc2Cl)n1)C(F)(F)Sc1ccc(F)cc1. The molecular formula is C16H10ClF3N4OS. The number of nitrogens with zero attached hydrogens (tertiary/aromatic N) is 3. The van der Waals surface area contributed by atoms with Crippen molar-refractivity contribution in [3.63, 3.8) is 0 Å². The molecule has 1 amide bonds. The molecule has 0 aliphatic heterocycles. The van der Waals surface area contributed by atoms with Gasteiger partial charge in [-0.15, -0.1) is 5.10 Å². The lowest BCUT2D eigenvalue weighted by Gasteiger charge is -2.14. The number of benzene rings is 1. The summed E-state index contributed by atoms with van der Waals surface area (Å²) < 4.78 is 42.2. The number of amides is 1. The van der Waals surface area contributed by atoms with E-state index < -0.39 is 17.0 Å². The van der Waals surface area contributed by atoms with Gasteiger partial charge in [-0.2, -0.15) is 8.78 Å². The number of hydrogen-bond acceptors (Lipinski definition) is 4. The fraction of sp³-hybridized carbons (Fsp3) is 0.0625. The molecule has 2 aromatic heterocycles. The van der Waals surface area contributed by atoms with E-state index in [1.54, 1.807) is 12.1 Å². The third kappa shape index (κ3) is 4.17. The molecule has 0 atom stereocenters. The van der Waals surface area contributed by atoms with Crippen LogP contribution in [0.3, 0.4) is 0 Å². The minimum Gasteiger partial charge on any atom is -0.303 e. The van der Waals surface area contributed by atoms with Crippen molar-refractivity contribution in [2.45, 2.75) is 10.2 Å².